The molecule has 78 valence electrons. The highest BCUT2D eigenvalue weighted by Gasteiger charge is 2.13. The van der Waals surface area contributed by atoms with Gasteiger partial charge in [-0.15, -0.1) is 0 Å². The van der Waals surface area contributed by atoms with Gasteiger partial charge in [0.2, 0.25) is 0 Å². The summed E-state index contributed by atoms with van der Waals surface area (Å²) in [6.07, 6.45) is 3.75. The summed E-state index contributed by atoms with van der Waals surface area (Å²) in [5.41, 5.74) is 0. The minimum atomic E-state index is -0.865. The maximum Gasteiger partial charge on any atom is 0.250 e. The molecule has 0 saturated heterocycles. The number of hydrogen-bond donors (Lipinski definition) is 1. The van der Waals surface area contributed by atoms with Gasteiger partial charge in [0.05, 0.1) is 0 Å². The first-order valence-corrected chi connectivity index (χ1v) is 5.02. The molecule has 1 unspecified atom stereocenters. The number of unbranched alkanes of at least 4 members (excludes halogenated alkanes) is 3. The van der Waals surface area contributed by atoms with Crippen LogP contribution in [0.3, 0.4) is 0 Å². The van der Waals surface area contributed by atoms with E-state index >= 15 is 0 Å². The zero-order valence-corrected chi connectivity index (χ0v) is 8.92. The van der Waals surface area contributed by atoms with Gasteiger partial charge in [0.1, 0.15) is 6.10 Å². The van der Waals surface area contributed by atoms with Crippen LogP contribution in [0, 0.1) is 0 Å². The summed E-state index contributed by atoms with van der Waals surface area (Å²) in [4.78, 5) is 12.8. The van der Waals surface area contributed by atoms with E-state index in [1.165, 1.54) is 19.8 Å². The average molecular weight is 187 g/mol. The number of nitrogens with zero attached hydrogens (tertiary/aromatic N) is 1. The lowest BCUT2D eigenvalue weighted by atomic mass is 10.2. The van der Waals surface area contributed by atoms with Crippen molar-refractivity contribution in [3.63, 3.8) is 0 Å². The molecule has 1 amide bonds. The van der Waals surface area contributed by atoms with Crippen molar-refractivity contribution in [2.24, 2.45) is 0 Å². The van der Waals surface area contributed by atoms with Gasteiger partial charge in [-0.25, -0.2) is 0 Å². The molecule has 3 heteroatoms. The third kappa shape index (κ3) is 5.64. The minimum absolute atomic E-state index is 0.184. The number of likely N-dealkylation sites (N-methyl/N-ethyl adjacent to an activating group) is 1. The first-order chi connectivity index (χ1) is 6.09. The van der Waals surface area contributed by atoms with Crippen molar-refractivity contribution in [1.82, 2.24) is 4.90 Å². The Labute approximate surface area is 80.7 Å². The molecule has 1 atom stereocenters. The second-order valence-electron chi connectivity index (χ2n) is 3.50. The van der Waals surface area contributed by atoms with Crippen LogP contribution in [0.1, 0.15) is 39.5 Å². The predicted molar refractivity (Wildman–Crippen MR) is 53.5 cm³/mol. The molecule has 13 heavy (non-hydrogen) atoms. The first kappa shape index (κ1) is 12.4. The Morgan fingerprint density at radius 2 is 2.00 bits per heavy atom. The number of amides is 1. The van der Waals surface area contributed by atoms with Crippen LogP contribution in [0.25, 0.3) is 0 Å². The molecule has 1 N–H and O–H groups in total. The van der Waals surface area contributed by atoms with Crippen molar-refractivity contribution in [2.75, 3.05) is 13.6 Å². The van der Waals surface area contributed by atoms with E-state index in [9.17, 15) is 4.79 Å². The summed E-state index contributed by atoms with van der Waals surface area (Å²) in [6.45, 7) is 4.42. The lowest BCUT2D eigenvalue weighted by molar-refractivity contribution is -0.137. The number of aliphatic hydroxyl groups excluding tert-OH is 1. The summed E-state index contributed by atoms with van der Waals surface area (Å²) < 4.78 is 0. The molecule has 0 radical (unpaired) electrons. The molecule has 0 aromatic rings. The van der Waals surface area contributed by atoms with Crippen LogP contribution < -0.4 is 0 Å². The van der Waals surface area contributed by atoms with E-state index in [1.807, 2.05) is 0 Å². The minimum Gasteiger partial charge on any atom is -0.384 e. The van der Waals surface area contributed by atoms with Gasteiger partial charge in [0, 0.05) is 13.6 Å². The van der Waals surface area contributed by atoms with Crippen molar-refractivity contribution in [3.05, 3.63) is 0 Å². The van der Waals surface area contributed by atoms with E-state index in [4.69, 9.17) is 5.11 Å². The highest BCUT2D eigenvalue weighted by atomic mass is 16.3. The summed E-state index contributed by atoms with van der Waals surface area (Å²) in [5.74, 6) is -0.184. The molecular formula is C10H21NO2. The maximum atomic E-state index is 11.2. The molecule has 0 aliphatic heterocycles. The average Bonchev–Trinajstić information content (AvgIpc) is 2.10. The Morgan fingerprint density at radius 3 is 2.46 bits per heavy atom. The Kier molecular flexibility index (Phi) is 6.59. The van der Waals surface area contributed by atoms with Crippen LogP contribution in [-0.2, 0) is 4.79 Å². The fourth-order valence-electron chi connectivity index (χ4n) is 1.20. The highest BCUT2D eigenvalue weighted by Crippen LogP contribution is 2.01. The SMILES string of the molecule is CCCCCCN(C)C(=O)C(C)O. The molecule has 0 aliphatic carbocycles. The van der Waals surface area contributed by atoms with Crippen LogP contribution in [0.2, 0.25) is 0 Å². The Hall–Kier alpha value is -0.570. The molecule has 0 aromatic carbocycles. The molecular weight excluding hydrogens is 166 g/mol. The van der Waals surface area contributed by atoms with E-state index in [1.54, 1.807) is 11.9 Å². The van der Waals surface area contributed by atoms with Gasteiger partial charge in [-0.1, -0.05) is 26.2 Å². The summed E-state index contributed by atoms with van der Waals surface area (Å²) >= 11 is 0. The smallest absolute Gasteiger partial charge is 0.250 e. The van der Waals surface area contributed by atoms with Gasteiger partial charge in [0.15, 0.2) is 0 Å². The van der Waals surface area contributed by atoms with Crippen molar-refractivity contribution in [3.8, 4) is 0 Å². The van der Waals surface area contributed by atoms with E-state index in [0.29, 0.717) is 0 Å². The topological polar surface area (TPSA) is 40.5 Å². The Bertz CT molecular complexity index is 146. The van der Waals surface area contributed by atoms with Crippen LogP contribution in [0.15, 0.2) is 0 Å². The van der Waals surface area contributed by atoms with Gasteiger partial charge in [-0.05, 0) is 13.3 Å². The molecule has 3 nitrogen and oxygen atoms in total. The summed E-state index contributed by atoms with van der Waals surface area (Å²) in [6, 6.07) is 0. The van der Waals surface area contributed by atoms with Crippen LogP contribution in [0.4, 0.5) is 0 Å². The van der Waals surface area contributed by atoms with Gasteiger partial charge < -0.3 is 10.0 Å². The van der Waals surface area contributed by atoms with Crippen LogP contribution >= 0.6 is 0 Å². The van der Waals surface area contributed by atoms with E-state index in [-0.39, 0.29) is 5.91 Å². The van der Waals surface area contributed by atoms with E-state index < -0.39 is 6.10 Å². The van der Waals surface area contributed by atoms with Gasteiger partial charge in [0.25, 0.3) is 5.91 Å². The zero-order valence-electron chi connectivity index (χ0n) is 8.92. The molecule has 0 bridgehead atoms. The van der Waals surface area contributed by atoms with Gasteiger partial charge in [-0.3, -0.25) is 4.79 Å². The van der Waals surface area contributed by atoms with Crippen LogP contribution in [-0.4, -0.2) is 35.6 Å². The quantitative estimate of drug-likeness (QED) is 0.639. The molecule has 0 rings (SSSR count). The highest BCUT2D eigenvalue weighted by molar-refractivity contribution is 5.79. The third-order valence-electron chi connectivity index (χ3n) is 2.08. The molecule has 0 heterocycles. The third-order valence-corrected chi connectivity index (χ3v) is 2.08. The number of hydrogen-bond acceptors (Lipinski definition) is 2. The number of aliphatic hydroxyl groups is 1. The van der Waals surface area contributed by atoms with Crippen LogP contribution in [0.5, 0.6) is 0 Å². The Morgan fingerprint density at radius 1 is 1.38 bits per heavy atom. The van der Waals surface area contributed by atoms with Crippen molar-refractivity contribution in [2.45, 2.75) is 45.6 Å². The largest absolute Gasteiger partial charge is 0.384 e. The zero-order chi connectivity index (χ0) is 10.3. The van der Waals surface area contributed by atoms with Gasteiger partial charge in [-0.2, -0.15) is 0 Å². The van der Waals surface area contributed by atoms with Crippen molar-refractivity contribution in [1.29, 1.82) is 0 Å². The van der Waals surface area contributed by atoms with E-state index in [0.717, 1.165) is 19.4 Å². The second kappa shape index (κ2) is 6.89. The Balaban J connectivity index is 3.50. The molecule has 0 aromatic heterocycles. The lowest BCUT2D eigenvalue weighted by Crippen LogP contribution is -2.35. The first-order valence-electron chi connectivity index (χ1n) is 5.02. The fraction of sp³-hybridized carbons (Fsp3) is 0.900. The summed E-state index contributed by atoms with van der Waals surface area (Å²) in [5, 5.41) is 9.00. The monoisotopic (exact) mass is 187 g/mol. The maximum absolute atomic E-state index is 11.2. The number of carbonyl (C=O) groups is 1. The second-order valence-corrected chi connectivity index (χ2v) is 3.50. The number of carbonyl (C=O) groups excluding carboxylic acids is 1. The summed E-state index contributed by atoms with van der Waals surface area (Å²) in [7, 11) is 1.74. The molecule has 0 fully saturated rings. The van der Waals surface area contributed by atoms with Crippen molar-refractivity contribution >= 4 is 5.91 Å². The van der Waals surface area contributed by atoms with Crippen molar-refractivity contribution < 1.29 is 9.90 Å². The molecule has 0 aliphatic rings. The normalized spacial score (nSPS) is 12.6. The van der Waals surface area contributed by atoms with Gasteiger partial charge >= 0.3 is 0 Å². The predicted octanol–water partition coefficient (Wildman–Crippen LogP) is 1.41. The van der Waals surface area contributed by atoms with E-state index in [2.05, 4.69) is 6.92 Å². The molecule has 0 saturated carbocycles. The standard InChI is InChI=1S/C10H21NO2/c1-4-5-6-7-8-11(3)10(13)9(2)12/h9,12H,4-8H2,1-3H3. The molecule has 0 spiro atoms. The number of rotatable bonds is 6. The fourth-order valence-corrected chi connectivity index (χ4v) is 1.20. The lowest BCUT2D eigenvalue weighted by Gasteiger charge is -2.18.